The molecule has 2 unspecified atom stereocenters. The number of hydrogen-bond donors (Lipinski definition) is 1. The molecule has 2 aliphatic rings. The summed E-state index contributed by atoms with van der Waals surface area (Å²) in [5.41, 5.74) is 0.556. The van der Waals surface area contributed by atoms with Crippen LogP contribution in [0.2, 0.25) is 10.0 Å². The molecule has 0 aromatic heterocycles. The first-order valence-corrected chi connectivity index (χ1v) is 7.92. The smallest absolute Gasteiger partial charge is 0.255 e. The van der Waals surface area contributed by atoms with Crippen LogP contribution in [0.5, 0.6) is 0 Å². The van der Waals surface area contributed by atoms with Gasteiger partial charge in [-0.1, -0.05) is 23.2 Å². The number of halogens is 2. The molecule has 1 amide bonds. The lowest BCUT2D eigenvalue weighted by Gasteiger charge is -2.30. The maximum atomic E-state index is 12.7. The van der Waals surface area contributed by atoms with Crippen LogP contribution in [0, 0.1) is 0 Å². The molecule has 1 aromatic carbocycles. The molecule has 0 bridgehead atoms. The van der Waals surface area contributed by atoms with Crippen LogP contribution in [-0.4, -0.2) is 36.0 Å². The zero-order chi connectivity index (χ0) is 14.1. The molecule has 5 heteroatoms. The minimum absolute atomic E-state index is 0.0304. The van der Waals surface area contributed by atoms with Gasteiger partial charge in [-0.3, -0.25) is 4.79 Å². The highest BCUT2D eigenvalue weighted by atomic mass is 35.5. The Morgan fingerprint density at radius 1 is 1.25 bits per heavy atom. The van der Waals surface area contributed by atoms with E-state index in [0.29, 0.717) is 27.7 Å². The normalized spacial score (nSPS) is 26.2. The van der Waals surface area contributed by atoms with E-state index >= 15 is 0 Å². The van der Waals surface area contributed by atoms with Crippen LogP contribution in [0.4, 0.5) is 0 Å². The number of nitrogens with zero attached hydrogens (tertiary/aromatic N) is 1. The molecule has 20 heavy (non-hydrogen) atoms. The SMILES string of the molecule is O=C(c1ccc(Cl)cc1Cl)N1CCCC1C1CCCN1. The highest BCUT2D eigenvalue weighted by Crippen LogP contribution is 2.29. The molecule has 3 rings (SSSR count). The van der Waals surface area contributed by atoms with Gasteiger partial charge in [-0.15, -0.1) is 0 Å². The molecule has 2 aliphatic heterocycles. The second-order valence-corrected chi connectivity index (χ2v) is 6.38. The lowest BCUT2D eigenvalue weighted by Crippen LogP contribution is -2.46. The molecule has 108 valence electrons. The number of rotatable bonds is 2. The van der Waals surface area contributed by atoms with Crippen molar-refractivity contribution >= 4 is 29.1 Å². The molecule has 3 nitrogen and oxygen atoms in total. The summed E-state index contributed by atoms with van der Waals surface area (Å²) in [4.78, 5) is 14.7. The van der Waals surface area contributed by atoms with E-state index in [-0.39, 0.29) is 5.91 Å². The Morgan fingerprint density at radius 2 is 2.10 bits per heavy atom. The van der Waals surface area contributed by atoms with Gasteiger partial charge in [-0.25, -0.2) is 0 Å². The molecule has 0 spiro atoms. The van der Waals surface area contributed by atoms with Crippen molar-refractivity contribution in [3.05, 3.63) is 33.8 Å². The zero-order valence-corrected chi connectivity index (χ0v) is 12.8. The third-order valence-corrected chi connectivity index (χ3v) is 4.83. The van der Waals surface area contributed by atoms with Crippen molar-refractivity contribution in [1.29, 1.82) is 0 Å². The summed E-state index contributed by atoms with van der Waals surface area (Å²) in [6, 6.07) is 5.82. The highest BCUT2D eigenvalue weighted by molar-refractivity contribution is 6.36. The van der Waals surface area contributed by atoms with Gasteiger partial charge in [0.2, 0.25) is 0 Å². The number of carbonyl (C=O) groups excluding carboxylic acids is 1. The van der Waals surface area contributed by atoms with Gasteiger partial charge in [0, 0.05) is 23.7 Å². The largest absolute Gasteiger partial charge is 0.334 e. The topological polar surface area (TPSA) is 32.3 Å². The molecule has 2 heterocycles. The standard InChI is InChI=1S/C15H18Cl2N2O/c16-10-5-6-11(12(17)9-10)15(20)19-8-2-4-14(19)13-3-1-7-18-13/h5-6,9,13-14,18H,1-4,7-8H2. The molecule has 2 atom stereocenters. The van der Waals surface area contributed by atoms with Crippen molar-refractivity contribution in [2.24, 2.45) is 0 Å². The van der Waals surface area contributed by atoms with E-state index in [1.165, 1.54) is 6.42 Å². The van der Waals surface area contributed by atoms with E-state index in [1.807, 2.05) is 4.90 Å². The third kappa shape index (κ3) is 2.67. The number of benzene rings is 1. The maximum absolute atomic E-state index is 12.7. The van der Waals surface area contributed by atoms with Crippen molar-refractivity contribution in [3.63, 3.8) is 0 Å². The average Bonchev–Trinajstić information content (AvgIpc) is 3.09. The van der Waals surface area contributed by atoms with Crippen LogP contribution in [0.1, 0.15) is 36.0 Å². The summed E-state index contributed by atoms with van der Waals surface area (Å²) >= 11 is 12.1. The Bertz CT molecular complexity index is 515. The van der Waals surface area contributed by atoms with E-state index in [0.717, 1.165) is 32.4 Å². The minimum atomic E-state index is 0.0304. The van der Waals surface area contributed by atoms with E-state index in [2.05, 4.69) is 5.32 Å². The predicted molar refractivity (Wildman–Crippen MR) is 81.5 cm³/mol. The van der Waals surface area contributed by atoms with Crippen LogP contribution >= 0.6 is 23.2 Å². The van der Waals surface area contributed by atoms with Gasteiger partial charge in [-0.2, -0.15) is 0 Å². The van der Waals surface area contributed by atoms with E-state index in [9.17, 15) is 4.79 Å². The third-order valence-electron chi connectivity index (χ3n) is 4.28. The number of likely N-dealkylation sites (tertiary alicyclic amines) is 1. The van der Waals surface area contributed by atoms with E-state index < -0.39 is 0 Å². The molecular formula is C15H18Cl2N2O. The monoisotopic (exact) mass is 312 g/mol. The molecule has 1 N–H and O–H groups in total. The van der Waals surface area contributed by atoms with E-state index in [1.54, 1.807) is 18.2 Å². The molecule has 0 aliphatic carbocycles. The fourth-order valence-corrected chi connectivity index (χ4v) is 3.81. The van der Waals surface area contributed by atoms with Crippen molar-refractivity contribution in [1.82, 2.24) is 10.2 Å². The van der Waals surface area contributed by atoms with Gasteiger partial charge >= 0.3 is 0 Å². The number of carbonyl (C=O) groups is 1. The van der Waals surface area contributed by atoms with Gasteiger partial charge in [0.05, 0.1) is 10.6 Å². The summed E-state index contributed by atoms with van der Waals surface area (Å²) in [5, 5.41) is 4.51. The van der Waals surface area contributed by atoms with Crippen LogP contribution in [0.15, 0.2) is 18.2 Å². The van der Waals surface area contributed by atoms with Crippen molar-refractivity contribution in [2.75, 3.05) is 13.1 Å². The summed E-state index contributed by atoms with van der Waals surface area (Å²) in [6.45, 7) is 1.88. The van der Waals surface area contributed by atoms with Gasteiger partial charge in [0.15, 0.2) is 0 Å². The van der Waals surface area contributed by atoms with Crippen LogP contribution in [-0.2, 0) is 0 Å². The summed E-state index contributed by atoms with van der Waals surface area (Å²) < 4.78 is 0. The summed E-state index contributed by atoms with van der Waals surface area (Å²) in [5.74, 6) is 0.0304. The second kappa shape index (κ2) is 5.92. The molecular weight excluding hydrogens is 295 g/mol. The first-order chi connectivity index (χ1) is 9.66. The Labute approximate surface area is 129 Å². The quantitative estimate of drug-likeness (QED) is 0.908. The van der Waals surface area contributed by atoms with Crippen LogP contribution < -0.4 is 5.32 Å². The minimum Gasteiger partial charge on any atom is -0.334 e. The van der Waals surface area contributed by atoms with Gasteiger partial charge in [0.1, 0.15) is 0 Å². The number of amides is 1. The van der Waals surface area contributed by atoms with Gasteiger partial charge in [0.25, 0.3) is 5.91 Å². The summed E-state index contributed by atoms with van der Waals surface area (Å²) in [6.07, 6.45) is 4.50. The first kappa shape index (κ1) is 14.2. The molecule has 0 radical (unpaired) electrons. The Kier molecular flexibility index (Phi) is 4.20. The Morgan fingerprint density at radius 3 is 2.80 bits per heavy atom. The van der Waals surface area contributed by atoms with Gasteiger partial charge in [-0.05, 0) is 50.4 Å². The lowest BCUT2D eigenvalue weighted by molar-refractivity contribution is 0.0711. The highest BCUT2D eigenvalue weighted by Gasteiger charge is 2.36. The Hall–Kier alpha value is -0.770. The molecule has 0 saturated carbocycles. The van der Waals surface area contributed by atoms with Crippen LogP contribution in [0.25, 0.3) is 0 Å². The fraction of sp³-hybridized carbons (Fsp3) is 0.533. The maximum Gasteiger partial charge on any atom is 0.255 e. The molecule has 1 aromatic rings. The van der Waals surface area contributed by atoms with Crippen LogP contribution in [0.3, 0.4) is 0 Å². The van der Waals surface area contributed by atoms with E-state index in [4.69, 9.17) is 23.2 Å². The van der Waals surface area contributed by atoms with Gasteiger partial charge < -0.3 is 10.2 Å². The van der Waals surface area contributed by atoms with Crippen molar-refractivity contribution in [3.8, 4) is 0 Å². The second-order valence-electron chi connectivity index (χ2n) is 5.54. The predicted octanol–water partition coefficient (Wildman–Crippen LogP) is 3.35. The lowest BCUT2D eigenvalue weighted by atomic mass is 10.0. The Balaban J connectivity index is 1.81. The van der Waals surface area contributed by atoms with Crippen molar-refractivity contribution in [2.45, 2.75) is 37.8 Å². The summed E-state index contributed by atoms with van der Waals surface area (Å²) in [7, 11) is 0. The fourth-order valence-electron chi connectivity index (χ4n) is 3.32. The number of nitrogens with one attached hydrogen (secondary N) is 1. The number of hydrogen-bond acceptors (Lipinski definition) is 2. The molecule has 2 fully saturated rings. The average molecular weight is 313 g/mol. The molecule has 2 saturated heterocycles. The van der Waals surface area contributed by atoms with Crippen molar-refractivity contribution < 1.29 is 4.79 Å². The first-order valence-electron chi connectivity index (χ1n) is 7.16. The zero-order valence-electron chi connectivity index (χ0n) is 11.2.